The third kappa shape index (κ3) is 2.68. The molecule has 1 saturated heterocycles. The summed E-state index contributed by atoms with van der Waals surface area (Å²) in [4.78, 5) is 2.50. The zero-order valence-corrected chi connectivity index (χ0v) is 8.83. The summed E-state index contributed by atoms with van der Waals surface area (Å²) in [6, 6.07) is 0.834. The Labute approximate surface area is 81.3 Å². The first-order valence-electron chi connectivity index (χ1n) is 5.57. The van der Waals surface area contributed by atoms with Crippen molar-refractivity contribution in [3.05, 3.63) is 0 Å². The number of hydrogen-bond acceptors (Lipinski definition) is 2. The van der Waals surface area contributed by atoms with Crippen LogP contribution in [0, 0.1) is 5.92 Å². The van der Waals surface area contributed by atoms with Gasteiger partial charge in [-0.3, -0.25) is 0 Å². The van der Waals surface area contributed by atoms with Crippen molar-refractivity contribution in [3.8, 4) is 0 Å². The molecule has 2 rings (SSSR count). The van der Waals surface area contributed by atoms with Crippen LogP contribution in [-0.4, -0.2) is 37.2 Å². The molecule has 0 N–H and O–H groups in total. The Hall–Kier alpha value is -0.0800. The number of likely N-dealkylation sites (N-methyl/N-ethyl adjacent to an activating group) is 1. The van der Waals surface area contributed by atoms with Gasteiger partial charge in [-0.15, -0.1) is 0 Å². The minimum absolute atomic E-state index is 0.560. The largest absolute Gasteiger partial charge is 0.372 e. The highest BCUT2D eigenvalue weighted by Crippen LogP contribution is 2.27. The van der Waals surface area contributed by atoms with Gasteiger partial charge < -0.3 is 9.64 Å². The summed E-state index contributed by atoms with van der Waals surface area (Å²) >= 11 is 0. The molecule has 1 heterocycles. The first-order valence-corrected chi connectivity index (χ1v) is 5.57. The fourth-order valence-electron chi connectivity index (χ4n) is 2.33. The topological polar surface area (TPSA) is 15.8 Å². The molecule has 0 aromatic heterocycles. The van der Waals surface area contributed by atoms with Crippen molar-refractivity contribution >= 4 is 0 Å². The molecule has 2 fully saturated rings. The van der Waals surface area contributed by atoms with Crippen molar-refractivity contribution in [2.24, 2.45) is 5.92 Å². The van der Waals surface area contributed by atoms with Gasteiger partial charge in [0, 0.05) is 12.6 Å². The molecule has 1 aliphatic carbocycles. The Morgan fingerprint density at radius 1 is 1.23 bits per heavy atom. The summed E-state index contributed by atoms with van der Waals surface area (Å²) in [5.41, 5.74) is 0. The summed E-state index contributed by atoms with van der Waals surface area (Å²) < 4.78 is 5.25. The quantitative estimate of drug-likeness (QED) is 0.621. The van der Waals surface area contributed by atoms with Crippen LogP contribution in [0.25, 0.3) is 0 Å². The Morgan fingerprint density at radius 2 is 1.85 bits per heavy atom. The van der Waals surface area contributed by atoms with Crippen LogP contribution in [0.3, 0.4) is 0 Å². The standard InChI is InChI=1S/C11H21NO/c1-9-3-5-10(6-4-9)12(2)7-11-8-13-11/h9-11H,3-8H2,1-2H3/t9?,10?,11-/m1/s1. The fraction of sp³-hybridized carbons (Fsp3) is 1.00. The minimum atomic E-state index is 0.560. The third-order valence-electron chi connectivity index (χ3n) is 3.50. The second-order valence-electron chi connectivity index (χ2n) is 4.81. The van der Waals surface area contributed by atoms with Crippen LogP contribution in [0.15, 0.2) is 0 Å². The molecule has 2 heteroatoms. The first-order chi connectivity index (χ1) is 6.25. The molecular formula is C11H21NO. The van der Waals surface area contributed by atoms with Gasteiger partial charge in [-0.2, -0.15) is 0 Å². The van der Waals surface area contributed by atoms with Crippen molar-refractivity contribution in [2.75, 3.05) is 20.2 Å². The van der Waals surface area contributed by atoms with Crippen LogP contribution in [-0.2, 0) is 4.74 Å². The highest BCUT2D eigenvalue weighted by Gasteiger charge is 2.28. The molecule has 2 aliphatic rings. The molecule has 2 nitrogen and oxygen atoms in total. The van der Waals surface area contributed by atoms with Gasteiger partial charge in [0.1, 0.15) is 0 Å². The highest BCUT2D eigenvalue weighted by atomic mass is 16.6. The summed E-state index contributed by atoms with van der Waals surface area (Å²) in [5.74, 6) is 0.960. The molecule has 1 saturated carbocycles. The molecule has 1 atom stereocenters. The molecular weight excluding hydrogens is 162 g/mol. The number of rotatable bonds is 3. The first kappa shape index (κ1) is 9.47. The average Bonchev–Trinajstić information content (AvgIpc) is 2.89. The van der Waals surface area contributed by atoms with Crippen molar-refractivity contribution in [1.82, 2.24) is 4.90 Å². The van der Waals surface area contributed by atoms with Crippen molar-refractivity contribution in [3.63, 3.8) is 0 Å². The van der Waals surface area contributed by atoms with Gasteiger partial charge in [0.25, 0.3) is 0 Å². The summed E-state index contributed by atoms with van der Waals surface area (Å²) in [6.45, 7) is 4.52. The smallest absolute Gasteiger partial charge is 0.0936 e. The third-order valence-corrected chi connectivity index (χ3v) is 3.50. The molecule has 13 heavy (non-hydrogen) atoms. The molecule has 0 aromatic carbocycles. The maximum absolute atomic E-state index is 5.25. The Kier molecular flexibility index (Phi) is 2.89. The predicted octanol–water partition coefficient (Wildman–Crippen LogP) is 1.90. The van der Waals surface area contributed by atoms with Crippen molar-refractivity contribution < 1.29 is 4.74 Å². The van der Waals surface area contributed by atoms with Gasteiger partial charge in [-0.1, -0.05) is 6.92 Å². The van der Waals surface area contributed by atoms with E-state index in [-0.39, 0.29) is 0 Å². The molecule has 0 unspecified atom stereocenters. The Morgan fingerprint density at radius 3 is 2.38 bits per heavy atom. The SMILES string of the molecule is CC1CCC(N(C)C[C@@H]2CO2)CC1. The molecule has 1 aliphatic heterocycles. The van der Waals surface area contributed by atoms with Crippen LogP contribution in [0.2, 0.25) is 0 Å². The molecule has 0 aromatic rings. The van der Waals surface area contributed by atoms with Crippen LogP contribution in [0.1, 0.15) is 32.6 Å². The second-order valence-corrected chi connectivity index (χ2v) is 4.81. The fourth-order valence-corrected chi connectivity index (χ4v) is 2.33. The van der Waals surface area contributed by atoms with Gasteiger partial charge in [0.05, 0.1) is 12.7 Å². The van der Waals surface area contributed by atoms with Gasteiger partial charge in [-0.25, -0.2) is 0 Å². The van der Waals surface area contributed by atoms with Gasteiger partial charge in [-0.05, 0) is 38.6 Å². The van der Waals surface area contributed by atoms with E-state index in [9.17, 15) is 0 Å². The van der Waals surface area contributed by atoms with Gasteiger partial charge in [0.15, 0.2) is 0 Å². The lowest BCUT2D eigenvalue weighted by molar-refractivity contribution is 0.159. The van der Waals surface area contributed by atoms with Crippen LogP contribution >= 0.6 is 0 Å². The van der Waals surface area contributed by atoms with E-state index in [4.69, 9.17) is 4.74 Å². The van der Waals surface area contributed by atoms with E-state index in [1.54, 1.807) is 0 Å². The van der Waals surface area contributed by atoms with E-state index in [0.717, 1.165) is 25.1 Å². The maximum Gasteiger partial charge on any atom is 0.0936 e. The van der Waals surface area contributed by atoms with E-state index in [0.29, 0.717) is 6.10 Å². The van der Waals surface area contributed by atoms with E-state index in [1.807, 2.05) is 0 Å². The number of hydrogen-bond donors (Lipinski definition) is 0. The lowest BCUT2D eigenvalue weighted by Gasteiger charge is -2.33. The molecule has 0 amide bonds. The van der Waals surface area contributed by atoms with E-state index in [1.165, 1.54) is 25.7 Å². The Balaban J connectivity index is 1.72. The second kappa shape index (κ2) is 3.97. The molecule has 0 spiro atoms. The zero-order valence-electron chi connectivity index (χ0n) is 8.83. The zero-order chi connectivity index (χ0) is 9.26. The number of ether oxygens (including phenoxy) is 1. The van der Waals surface area contributed by atoms with Gasteiger partial charge in [0.2, 0.25) is 0 Å². The molecule has 0 bridgehead atoms. The summed E-state index contributed by atoms with van der Waals surface area (Å²) in [5, 5.41) is 0. The Bertz CT molecular complexity index is 159. The van der Waals surface area contributed by atoms with Gasteiger partial charge >= 0.3 is 0 Å². The van der Waals surface area contributed by atoms with Crippen LogP contribution < -0.4 is 0 Å². The van der Waals surface area contributed by atoms with E-state index >= 15 is 0 Å². The highest BCUT2D eigenvalue weighted by molar-refractivity contribution is 4.80. The number of epoxide rings is 1. The normalized spacial score (nSPS) is 39.5. The molecule has 0 radical (unpaired) electrons. The summed E-state index contributed by atoms with van der Waals surface area (Å²) in [7, 11) is 2.25. The van der Waals surface area contributed by atoms with Crippen LogP contribution in [0.4, 0.5) is 0 Å². The maximum atomic E-state index is 5.25. The number of nitrogens with zero attached hydrogens (tertiary/aromatic N) is 1. The monoisotopic (exact) mass is 183 g/mol. The minimum Gasteiger partial charge on any atom is -0.372 e. The van der Waals surface area contributed by atoms with E-state index < -0.39 is 0 Å². The molecule has 76 valence electrons. The summed E-state index contributed by atoms with van der Waals surface area (Å²) in [6.07, 6.45) is 6.18. The van der Waals surface area contributed by atoms with E-state index in [2.05, 4.69) is 18.9 Å². The lowest BCUT2D eigenvalue weighted by atomic mass is 9.87. The van der Waals surface area contributed by atoms with Crippen LogP contribution in [0.5, 0.6) is 0 Å². The van der Waals surface area contributed by atoms with Crippen molar-refractivity contribution in [2.45, 2.75) is 44.8 Å². The lowest BCUT2D eigenvalue weighted by Crippen LogP contribution is -2.37. The predicted molar refractivity (Wildman–Crippen MR) is 53.8 cm³/mol. The average molecular weight is 183 g/mol. The van der Waals surface area contributed by atoms with Crippen molar-refractivity contribution in [1.29, 1.82) is 0 Å².